The summed E-state index contributed by atoms with van der Waals surface area (Å²) in [4.78, 5) is 11.4. The molecule has 2 aromatic rings. The standard InChI is InChI=1S/C14H11BrClNO2/c15-9-14(18)17-12-8-10(16)6-7-13(12)19-11-4-2-1-3-5-11/h1-8H,9H2,(H,17,18). The van der Waals surface area contributed by atoms with Crippen LogP contribution >= 0.6 is 27.5 Å². The summed E-state index contributed by atoms with van der Waals surface area (Å²) >= 11 is 9.02. The molecule has 0 aliphatic heterocycles. The van der Waals surface area contributed by atoms with Gasteiger partial charge in [0, 0.05) is 5.02 Å². The minimum atomic E-state index is -0.167. The van der Waals surface area contributed by atoms with Crippen molar-refractivity contribution in [1.29, 1.82) is 0 Å². The fraction of sp³-hybridized carbons (Fsp3) is 0.0714. The monoisotopic (exact) mass is 339 g/mol. The van der Waals surface area contributed by atoms with Crippen molar-refractivity contribution in [3.05, 3.63) is 53.6 Å². The summed E-state index contributed by atoms with van der Waals surface area (Å²) in [5, 5.41) is 3.47. The van der Waals surface area contributed by atoms with Crippen LogP contribution in [0.4, 0.5) is 5.69 Å². The lowest BCUT2D eigenvalue weighted by Gasteiger charge is -2.12. The van der Waals surface area contributed by atoms with Crippen LogP contribution in [0.25, 0.3) is 0 Å². The molecule has 0 saturated heterocycles. The Hall–Kier alpha value is -1.52. The van der Waals surface area contributed by atoms with Crippen LogP contribution < -0.4 is 10.1 Å². The number of para-hydroxylation sites is 1. The fourth-order valence-electron chi connectivity index (χ4n) is 1.49. The molecule has 98 valence electrons. The van der Waals surface area contributed by atoms with E-state index in [1.807, 2.05) is 30.3 Å². The van der Waals surface area contributed by atoms with Crippen molar-refractivity contribution in [3.63, 3.8) is 0 Å². The van der Waals surface area contributed by atoms with Crippen LogP contribution in [0.3, 0.4) is 0 Å². The van der Waals surface area contributed by atoms with E-state index in [2.05, 4.69) is 21.2 Å². The van der Waals surface area contributed by atoms with E-state index in [-0.39, 0.29) is 11.2 Å². The van der Waals surface area contributed by atoms with E-state index in [9.17, 15) is 4.79 Å². The van der Waals surface area contributed by atoms with Crippen LogP contribution in [0.1, 0.15) is 0 Å². The minimum absolute atomic E-state index is 0.167. The molecule has 0 aliphatic carbocycles. The average molecular weight is 341 g/mol. The Morgan fingerprint density at radius 3 is 2.63 bits per heavy atom. The molecule has 0 unspecified atom stereocenters. The number of alkyl halides is 1. The molecule has 0 saturated carbocycles. The second-order valence-electron chi connectivity index (χ2n) is 3.74. The van der Waals surface area contributed by atoms with Crippen molar-refractivity contribution in [2.24, 2.45) is 0 Å². The first kappa shape index (κ1) is 13.9. The molecule has 1 N–H and O–H groups in total. The van der Waals surface area contributed by atoms with Crippen molar-refractivity contribution in [2.45, 2.75) is 0 Å². The number of benzene rings is 2. The summed E-state index contributed by atoms with van der Waals surface area (Å²) in [6.45, 7) is 0. The zero-order valence-corrected chi connectivity index (χ0v) is 12.2. The molecular weight excluding hydrogens is 330 g/mol. The highest BCUT2D eigenvalue weighted by Gasteiger charge is 2.09. The maximum absolute atomic E-state index is 11.4. The number of nitrogens with one attached hydrogen (secondary N) is 1. The zero-order chi connectivity index (χ0) is 13.7. The van der Waals surface area contributed by atoms with Gasteiger partial charge in [-0.05, 0) is 30.3 Å². The first-order valence-corrected chi connectivity index (χ1v) is 7.07. The van der Waals surface area contributed by atoms with Gasteiger partial charge >= 0.3 is 0 Å². The predicted molar refractivity (Wildman–Crippen MR) is 80.4 cm³/mol. The normalized spacial score (nSPS) is 10.0. The Kier molecular flexibility index (Phi) is 4.82. The highest BCUT2D eigenvalue weighted by molar-refractivity contribution is 9.09. The maximum Gasteiger partial charge on any atom is 0.235 e. The summed E-state index contributed by atoms with van der Waals surface area (Å²) < 4.78 is 5.72. The second kappa shape index (κ2) is 6.59. The van der Waals surface area contributed by atoms with Crippen LogP contribution in [0.15, 0.2) is 48.5 Å². The number of rotatable bonds is 4. The van der Waals surface area contributed by atoms with Gasteiger partial charge in [0.05, 0.1) is 11.0 Å². The number of carbonyl (C=O) groups is 1. The van der Waals surface area contributed by atoms with E-state index in [1.165, 1.54) is 0 Å². The molecule has 0 radical (unpaired) electrons. The predicted octanol–water partition coefficient (Wildman–Crippen LogP) is 4.47. The smallest absolute Gasteiger partial charge is 0.235 e. The van der Waals surface area contributed by atoms with E-state index in [0.29, 0.717) is 22.2 Å². The lowest BCUT2D eigenvalue weighted by atomic mass is 10.3. The van der Waals surface area contributed by atoms with Crippen LogP contribution in [-0.4, -0.2) is 11.2 Å². The molecule has 0 bridgehead atoms. The van der Waals surface area contributed by atoms with Crippen LogP contribution in [0.2, 0.25) is 5.02 Å². The molecule has 5 heteroatoms. The third-order valence-corrected chi connectivity index (χ3v) is 3.05. The first-order chi connectivity index (χ1) is 9.19. The van der Waals surface area contributed by atoms with Gasteiger partial charge < -0.3 is 10.1 Å². The van der Waals surface area contributed by atoms with Gasteiger partial charge in [0.15, 0.2) is 5.75 Å². The number of amides is 1. The number of anilines is 1. The molecule has 2 rings (SSSR count). The lowest BCUT2D eigenvalue weighted by molar-refractivity contribution is -0.113. The molecular formula is C14H11BrClNO2. The molecule has 0 aromatic heterocycles. The zero-order valence-electron chi connectivity index (χ0n) is 9.90. The summed E-state index contributed by atoms with van der Waals surface area (Å²) in [7, 11) is 0. The Morgan fingerprint density at radius 1 is 1.21 bits per heavy atom. The first-order valence-electron chi connectivity index (χ1n) is 5.57. The fourth-order valence-corrected chi connectivity index (χ4v) is 1.80. The topological polar surface area (TPSA) is 38.3 Å². The van der Waals surface area contributed by atoms with E-state index in [4.69, 9.17) is 16.3 Å². The minimum Gasteiger partial charge on any atom is -0.455 e. The maximum atomic E-state index is 11.4. The van der Waals surface area contributed by atoms with Gasteiger partial charge in [-0.1, -0.05) is 45.7 Å². The molecule has 19 heavy (non-hydrogen) atoms. The SMILES string of the molecule is O=C(CBr)Nc1cc(Cl)ccc1Oc1ccccc1. The van der Waals surface area contributed by atoms with Crippen molar-refractivity contribution >= 4 is 39.1 Å². The second-order valence-corrected chi connectivity index (χ2v) is 4.73. The highest BCUT2D eigenvalue weighted by atomic mass is 79.9. The lowest BCUT2D eigenvalue weighted by Crippen LogP contribution is -2.12. The van der Waals surface area contributed by atoms with Crippen molar-refractivity contribution in [1.82, 2.24) is 0 Å². The largest absolute Gasteiger partial charge is 0.455 e. The Balaban J connectivity index is 2.26. The van der Waals surface area contributed by atoms with Gasteiger partial charge in [-0.3, -0.25) is 4.79 Å². The molecule has 2 aromatic carbocycles. The molecule has 0 heterocycles. The summed E-state index contributed by atoms with van der Waals surface area (Å²) in [5.41, 5.74) is 0.542. The van der Waals surface area contributed by atoms with E-state index < -0.39 is 0 Å². The quantitative estimate of drug-likeness (QED) is 0.834. The summed E-state index contributed by atoms with van der Waals surface area (Å²) in [5.74, 6) is 1.07. The van der Waals surface area contributed by atoms with E-state index >= 15 is 0 Å². The van der Waals surface area contributed by atoms with E-state index in [0.717, 1.165) is 0 Å². The van der Waals surface area contributed by atoms with Gasteiger partial charge in [-0.25, -0.2) is 0 Å². The van der Waals surface area contributed by atoms with Gasteiger partial charge in [0.25, 0.3) is 0 Å². The van der Waals surface area contributed by atoms with Crippen LogP contribution in [0.5, 0.6) is 11.5 Å². The highest BCUT2D eigenvalue weighted by Crippen LogP contribution is 2.31. The van der Waals surface area contributed by atoms with Gasteiger partial charge in [-0.15, -0.1) is 0 Å². The number of hydrogen-bond acceptors (Lipinski definition) is 2. The van der Waals surface area contributed by atoms with Gasteiger partial charge in [-0.2, -0.15) is 0 Å². The Labute approximate surface area is 124 Å². The average Bonchev–Trinajstić information content (AvgIpc) is 2.43. The van der Waals surface area contributed by atoms with E-state index in [1.54, 1.807) is 18.2 Å². The third kappa shape index (κ3) is 3.98. The summed E-state index contributed by atoms with van der Waals surface area (Å²) in [6, 6.07) is 14.4. The molecule has 0 fully saturated rings. The third-order valence-electron chi connectivity index (χ3n) is 2.31. The van der Waals surface area contributed by atoms with Gasteiger partial charge in [0.2, 0.25) is 5.91 Å². The van der Waals surface area contributed by atoms with Crippen molar-refractivity contribution < 1.29 is 9.53 Å². The molecule has 1 amide bonds. The molecule has 3 nitrogen and oxygen atoms in total. The van der Waals surface area contributed by atoms with Gasteiger partial charge in [0.1, 0.15) is 5.75 Å². The number of ether oxygens (including phenoxy) is 1. The molecule has 0 atom stereocenters. The Bertz CT molecular complexity index is 575. The van der Waals surface area contributed by atoms with Crippen LogP contribution in [0, 0.1) is 0 Å². The summed E-state index contributed by atoms with van der Waals surface area (Å²) in [6.07, 6.45) is 0. The van der Waals surface area contributed by atoms with Crippen molar-refractivity contribution in [3.8, 4) is 11.5 Å². The van der Waals surface area contributed by atoms with Crippen molar-refractivity contribution in [2.75, 3.05) is 10.6 Å². The number of carbonyl (C=O) groups excluding carboxylic acids is 1. The number of halogens is 2. The Morgan fingerprint density at radius 2 is 1.95 bits per heavy atom. The van der Waals surface area contributed by atoms with Crippen LogP contribution in [-0.2, 0) is 4.79 Å². The molecule has 0 aliphatic rings. The number of hydrogen-bond donors (Lipinski definition) is 1. The molecule has 0 spiro atoms.